The highest BCUT2D eigenvalue weighted by Gasteiger charge is 2.27. The summed E-state index contributed by atoms with van der Waals surface area (Å²) in [6.45, 7) is 6.85. The van der Waals surface area contributed by atoms with Crippen molar-refractivity contribution in [3.8, 4) is 11.3 Å². The SMILES string of the molecule is Cc1c(-c2cc(CN3CCN(C(c4ccccc4)c4ccccc4)CC3)on2)cnn1C. The van der Waals surface area contributed by atoms with E-state index in [0.717, 1.165) is 55.4 Å². The molecule has 6 nitrogen and oxygen atoms in total. The molecule has 6 heteroatoms. The van der Waals surface area contributed by atoms with Crippen LogP contribution in [0.2, 0.25) is 0 Å². The summed E-state index contributed by atoms with van der Waals surface area (Å²) in [7, 11) is 1.94. The lowest BCUT2D eigenvalue weighted by Gasteiger charge is -2.39. The predicted molar refractivity (Wildman–Crippen MR) is 125 cm³/mol. The summed E-state index contributed by atoms with van der Waals surface area (Å²) in [4.78, 5) is 5.04. The molecule has 0 amide bonds. The van der Waals surface area contributed by atoms with Crippen molar-refractivity contribution in [2.24, 2.45) is 7.05 Å². The molecule has 0 aliphatic carbocycles. The van der Waals surface area contributed by atoms with Crippen molar-refractivity contribution >= 4 is 0 Å². The second kappa shape index (κ2) is 9.10. The summed E-state index contributed by atoms with van der Waals surface area (Å²) in [6, 6.07) is 24.0. The van der Waals surface area contributed by atoms with Gasteiger partial charge in [-0.3, -0.25) is 14.5 Å². The van der Waals surface area contributed by atoms with Crippen LogP contribution in [0.1, 0.15) is 28.6 Å². The molecular weight excluding hydrogens is 398 g/mol. The zero-order chi connectivity index (χ0) is 21.9. The van der Waals surface area contributed by atoms with Crippen LogP contribution in [0.5, 0.6) is 0 Å². The smallest absolute Gasteiger partial charge is 0.151 e. The fourth-order valence-corrected chi connectivity index (χ4v) is 4.55. The Morgan fingerprint density at radius 1 is 0.906 bits per heavy atom. The number of aryl methyl sites for hydroxylation is 1. The lowest BCUT2D eigenvalue weighted by Crippen LogP contribution is -2.47. The average Bonchev–Trinajstić information content (AvgIpc) is 3.43. The van der Waals surface area contributed by atoms with E-state index in [-0.39, 0.29) is 6.04 Å². The molecule has 0 radical (unpaired) electrons. The second-order valence-electron chi connectivity index (χ2n) is 8.48. The van der Waals surface area contributed by atoms with Gasteiger partial charge < -0.3 is 4.52 Å². The van der Waals surface area contributed by atoms with Gasteiger partial charge in [-0.05, 0) is 18.1 Å². The molecule has 1 saturated heterocycles. The molecule has 0 saturated carbocycles. The fraction of sp³-hybridized carbons (Fsp3) is 0.308. The van der Waals surface area contributed by atoms with Crippen LogP contribution in [-0.2, 0) is 13.6 Å². The summed E-state index contributed by atoms with van der Waals surface area (Å²) in [5, 5.41) is 8.59. The number of nitrogens with zero attached hydrogens (tertiary/aromatic N) is 5. The second-order valence-corrected chi connectivity index (χ2v) is 8.48. The Morgan fingerprint density at radius 3 is 2.09 bits per heavy atom. The van der Waals surface area contributed by atoms with Gasteiger partial charge in [-0.2, -0.15) is 5.10 Å². The maximum absolute atomic E-state index is 5.66. The summed E-state index contributed by atoms with van der Waals surface area (Å²) >= 11 is 0. The van der Waals surface area contributed by atoms with E-state index in [1.165, 1.54) is 11.1 Å². The monoisotopic (exact) mass is 427 g/mol. The van der Waals surface area contributed by atoms with Gasteiger partial charge in [-0.1, -0.05) is 65.8 Å². The molecule has 0 spiro atoms. The van der Waals surface area contributed by atoms with E-state index in [9.17, 15) is 0 Å². The molecule has 1 aliphatic rings. The lowest BCUT2D eigenvalue weighted by molar-refractivity contribution is 0.0980. The molecule has 4 aromatic rings. The normalized spacial score (nSPS) is 15.5. The van der Waals surface area contributed by atoms with E-state index in [4.69, 9.17) is 4.52 Å². The van der Waals surface area contributed by atoms with Crippen LogP contribution in [-0.4, -0.2) is 50.9 Å². The molecular formula is C26H29N5O. The van der Waals surface area contributed by atoms with E-state index in [1.54, 1.807) is 0 Å². The van der Waals surface area contributed by atoms with Gasteiger partial charge >= 0.3 is 0 Å². The molecule has 3 heterocycles. The summed E-state index contributed by atoms with van der Waals surface area (Å²) in [5.41, 5.74) is 5.67. The van der Waals surface area contributed by atoms with Crippen LogP contribution in [0, 0.1) is 6.92 Å². The molecule has 1 aliphatic heterocycles. The van der Waals surface area contributed by atoms with Crippen LogP contribution in [0.4, 0.5) is 0 Å². The molecule has 0 N–H and O–H groups in total. The first-order valence-corrected chi connectivity index (χ1v) is 11.2. The third-order valence-corrected chi connectivity index (χ3v) is 6.45. The van der Waals surface area contributed by atoms with Gasteiger partial charge in [0.2, 0.25) is 0 Å². The molecule has 0 bridgehead atoms. The van der Waals surface area contributed by atoms with Crippen LogP contribution in [0.15, 0.2) is 77.4 Å². The Balaban J connectivity index is 1.26. The maximum Gasteiger partial charge on any atom is 0.151 e. The molecule has 2 aromatic carbocycles. The quantitative estimate of drug-likeness (QED) is 0.459. The van der Waals surface area contributed by atoms with E-state index in [2.05, 4.69) is 80.7 Å². The third-order valence-electron chi connectivity index (χ3n) is 6.45. The number of rotatable bonds is 6. The number of aromatic nitrogens is 3. The van der Waals surface area contributed by atoms with E-state index >= 15 is 0 Å². The summed E-state index contributed by atoms with van der Waals surface area (Å²) < 4.78 is 7.52. The highest BCUT2D eigenvalue weighted by Crippen LogP contribution is 2.30. The largest absolute Gasteiger partial charge is 0.359 e. The standard InChI is InChI=1S/C26H29N5O/c1-20-24(18-27-29(20)2)25-17-23(32-28-25)19-30-13-15-31(16-14-30)26(21-9-5-3-6-10-21)22-11-7-4-8-12-22/h3-12,17-18,26H,13-16,19H2,1-2H3. The Kier molecular flexibility index (Phi) is 5.88. The molecule has 0 unspecified atom stereocenters. The van der Waals surface area contributed by atoms with Crippen LogP contribution >= 0.6 is 0 Å². The van der Waals surface area contributed by atoms with Crippen molar-refractivity contribution in [2.45, 2.75) is 19.5 Å². The van der Waals surface area contributed by atoms with Gasteiger partial charge in [0.1, 0.15) is 5.69 Å². The van der Waals surface area contributed by atoms with E-state index in [1.807, 2.05) is 30.9 Å². The number of hydrogen-bond acceptors (Lipinski definition) is 5. The van der Waals surface area contributed by atoms with Gasteiger partial charge in [0.05, 0.1) is 18.8 Å². The minimum Gasteiger partial charge on any atom is -0.359 e. The van der Waals surface area contributed by atoms with Crippen LogP contribution < -0.4 is 0 Å². The first-order chi connectivity index (χ1) is 15.7. The van der Waals surface area contributed by atoms with Crippen LogP contribution in [0.3, 0.4) is 0 Å². The van der Waals surface area contributed by atoms with Crippen molar-refractivity contribution in [3.05, 3.63) is 95.5 Å². The van der Waals surface area contributed by atoms with Crippen molar-refractivity contribution in [3.63, 3.8) is 0 Å². The fourth-order valence-electron chi connectivity index (χ4n) is 4.55. The van der Waals surface area contributed by atoms with Crippen molar-refractivity contribution in [2.75, 3.05) is 26.2 Å². The Morgan fingerprint density at radius 2 is 1.53 bits per heavy atom. The molecule has 1 fully saturated rings. The third kappa shape index (κ3) is 4.24. The highest BCUT2D eigenvalue weighted by atomic mass is 16.5. The first kappa shape index (κ1) is 20.7. The molecule has 164 valence electrons. The van der Waals surface area contributed by atoms with Crippen LogP contribution in [0.25, 0.3) is 11.3 Å². The topological polar surface area (TPSA) is 50.3 Å². The van der Waals surface area contributed by atoms with Crippen molar-refractivity contribution in [1.82, 2.24) is 24.7 Å². The maximum atomic E-state index is 5.66. The minimum atomic E-state index is 0.282. The van der Waals surface area contributed by atoms with Gasteiger partial charge in [0, 0.05) is 50.6 Å². The predicted octanol–water partition coefficient (Wildman–Crippen LogP) is 4.29. The average molecular weight is 428 g/mol. The van der Waals surface area contributed by atoms with Gasteiger partial charge in [0.25, 0.3) is 0 Å². The summed E-state index contributed by atoms with van der Waals surface area (Å²) in [6.07, 6.45) is 1.85. The van der Waals surface area contributed by atoms with Gasteiger partial charge in [-0.25, -0.2) is 0 Å². The van der Waals surface area contributed by atoms with E-state index in [0.29, 0.717) is 0 Å². The van der Waals surface area contributed by atoms with Gasteiger partial charge in [0.15, 0.2) is 5.76 Å². The number of piperazine rings is 1. The van der Waals surface area contributed by atoms with E-state index < -0.39 is 0 Å². The van der Waals surface area contributed by atoms with Crippen molar-refractivity contribution < 1.29 is 4.52 Å². The van der Waals surface area contributed by atoms with Gasteiger partial charge in [-0.15, -0.1) is 0 Å². The Labute approximate surface area is 189 Å². The highest BCUT2D eigenvalue weighted by molar-refractivity contribution is 5.60. The molecule has 5 rings (SSSR count). The number of benzene rings is 2. The zero-order valence-electron chi connectivity index (χ0n) is 18.7. The molecule has 32 heavy (non-hydrogen) atoms. The lowest BCUT2D eigenvalue weighted by atomic mass is 9.96. The Bertz CT molecular complexity index is 1100. The molecule has 0 atom stereocenters. The first-order valence-electron chi connectivity index (χ1n) is 11.2. The Hall–Kier alpha value is -3.22. The summed E-state index contributed by atoms with van der Waals surface area (Å²) in [5.74, 6) is 0.902. The van der Waals surface area contributed by atoms with Crippen molar-refractivity contribution in [1.29, 1.82) is 0 Å². The number of hydrogen-bond donors (Lipinski definition) is 0. The zero-order valence-corrected chi connectivity index (χ0v) is 18.7. The molecule has 2 aromatic heterocycles. The minimum absolute atomic E-state index is 0.282.